The van der Waals surface area contributed by atoms with Crippen LogP contribution in [0, 0.1) is 6.92 Å². The molecule has 0 spiro atoms. The number of benzene rings is 3. The largest absolute Gasteiger partial charge is 0.433 e. The molecule has 0 aliphatic heterocycles. The van der Waals surface area contributed by atoms with Crippen LogP contribution in [0.15, 0.2) is 72.9 Å². The number of fused-ring (bicyclic) bond motifs is 2. The first kappa shape index (κ1) is 21.9. The molecule has 3 aromatic carbocycles. The molecule has 1 N–H and O–H groups in total. The molecular weight excluding hydrogens is 465 g/mol. The normalized spacial score (nSPS) is 11.8. The number of rotatable bonds is 3. The summed E-state index contributed by atoms with van der Waals surface area (Å²) in [5, 5.41) is 8.58. The molecule has 34 heavy (non-hydrogen) atoms. The van der Waals surface area contributed by atoms with E-state index in [4.69, 9.17) is 11.6 Å². The highest BCUT2D eigenvalue weighted by Gasteiger charge is 2.36. The minimum Gasteiger partial charge on any atom is -0.322 e. The zero-order valence-corrected chi connectivity index (χ0v) is 18.4. The minimum absolute atomic E-state index is 0.0881. The summed E-state index contributed by atoms with van der Waals surface area (Å²) < 4.78 is 42.6. The van der Waals surface area contributed by atoms with E-state index < -0.39 is 17.8 Å². The fraction of sp³-hybridized carbons (Fsp3) is 0.0800. The maximum absolute atomic E-state index is 14.0. The SMILES string of the molecule is Cc1c(Cl)cccc1NC(=O)c1cnn2c(C(F)(F)F)cc(-c3cccc4ccccc34)nc12. The van der Waals surface area contributed by atoms with Crippen molar-refractivity contribution in [2.45, 2.75) is 13.1 Å². The third-order valence-corrected chi connectivity index (χ3v) is 6.00. The Morgan fingerprint density at radius 3 is 2.56 bits per heavy atom. The van der Waals surface area contributed by atoms with Crippen molar-refractivity contribution in [1.29, 1.82) is 0 Å². The molecule has 9 heteroatoms. The Hall–Kier alpha value is -3.91. The van der Waals surface area contributed by atoms with Crippen molar-refractivity contribution in [2.75, 3.05) is 5.32 Å². The summed E-state index contributed by atoms with van der Waals surface area (Å²) in [5.41, 5.74) is 0.363. The lowest BCUT2D eigenvalue weighted by Gasteiger charge is -2.13. The predicted molar refractivity (Wildman–Crippen MR) is 125 cm³/mol. The summed E-state index contributed by atoms with van der Waals surface area (Å²) >= 11 is 6.12. The van der Waals surface area contributed by atoms with Crippen molar-refractivity contribution >= 4 is 39.6 Å². The fourth-order valence-corrected chi connectivity index (χ4v) is 4.02. The summed E-state index contributed by atoms with van der Waals surface area (Å²) in [6, 6.07) is 18.6. The molecule has 5 rings (SSSR count). The first-order valence-corrected chi connectivity index (χ1v) is 10.6. The van der Waals surface area contributed by atoms with Crippen LogP contribution in [-0.4, -0.2) is 20.5 Å². The number of halogens is 4. The van der Waals surface area contributed by atoms with E-state index in [1.807, 2.05) is 24.3 Å². The Bertz CT molecular complexity index is 1570. The monoisotopic (exact) mass is 480 g/mol. The summed E-state index contributed by atoms with van der Waals surface area (Å²) in [6.07, 6.45) is -3.64. The molecule has 0 saturated carbocycles. The van der Waals surface area contributed by atoms with Gasteiger partial charge < -0.3 is 5.32 Å². The quantitative estimate of drug-likeness (QED) is 0.309. The number of hydrogen-bond acceptors (Lipinski definition) is 3. The van der Waals surface area contributed by atoms with Crippen LogP contribution in [0.5, 0.6) is 0 Å². The molecule has 0 atom stereocenters. The lowest BCUT2D eigenvalue weighted by molar-refractivity contribution is -0.142. The number of anilines is 1. The van der Waals surface area contributed by atoms with Gasteiger partial charge in [-0.25, -0.2) is 9.50 Å². The van der Waals surface area contributed by atoms with Gasteiger partial charge in [0.25, 0.3) is 5.91 Å². The highest BCUT2D eigenvalue weighted by atomic mass is 35.5. The van der Waals surface area contributed by atoms with Crippen LogP contribution in [0.1, 0.15) is 21.6 Å². The molecule has 5 nitrogen and oxygen atoms in total. The van der Waals surface area contributed by atoms with Crippen molar-refractivity contribution in [3.8, 4) is 11.3 Å². The Labute approximate surface area is 196 Å². The third kappa shape index (κ3) is 3.76. The Morgan fingerprint density at radius 2 is 1.76 bits per heavy atom. The van der Waals surface area contributed by atoms with E-state index in [9.17, 15) is 18.0 Å². The van der Waals surface area contributed by atoms with Gasteiger partial charge in [0.15, 0.2) is 11.3 Å². The first-order valence-electron chi connectivity index (χ1n) is 10.2. The number of hydrogen-bond donors (Lipinski definition) is 1. The second-order valence-corrected chi connectivity index (χ2v) is 8.12. The van der Waals surface area contributed by atoms with E-state index in [1.165, 1.54) is 0 Å². The number of aromatic nitrogens is 3. The van der Waals surface area contributed by atoms with E-state index in [0.29, 0.717) is 26.4 Å². The van der Waals surface area contributed by atoms with E-state index in [2.05, 4.69) is 15.4 Å². The van der Waals surface area contributed by atoms with Crippen LogP contribution in [0.2, 0.25) is 5.02 Å². The maximum Gasteiger partial charge on any atom is 0.433 e. The topological polar surface area (TPSA) is 59.3 Å². The van der Waals surface area contributed by atoms with Gasteiger partial charge in [-0.05, 0) is 41.5 Å². The summed E-state index contributed by atoms with van der Waals surface area (Å²) in [7, 11) is 0. The van der Waals surface area contributed by atoms with E-state index in [1.54, 1.807) is 43.3 Å². The zero-order chi connectivity index (χ0) is 24.0. The van der Waals surface area contributed by atoms with Crippen LogP contribution in [0.25, 0.3) is 27.7 Å². The first-order chi connectivity index (χ1) is 16.2. The van der Waals surface area contributed by atoms with Gasteiger partial charge in [0.05, 0.1) is 11.9 Å². The molecule has 0 aliphatic rings. The highest BCUT2D eigenvalue weighted by molar-refractivity contribution is 6.31. The van der Waals surface area contributed by atoms with Crippen molar-refractivity contribution < 1.29 is 18.0 Å². The molecule has 0 radical (unpaired) electrons. The molecule has 1 amide bonds. The molecule has 0 unspecified atom stereocenters. The van der Waals surface area contributed by atoms with E-state index in [0.717, 1.165) is 23.0 Å². The molecule has 170 valence electrons. The van der Waals surface area contributed by atoms with Crippen molar-refractivity contribution in [1.82, 2.24) is 14.6 Å². The van der Waals surface area contributed by atoms with Crippen LogP contribution < -0.4 is 5.32 Å². The van der Waals surface area contributed by atoms with Crippen LogP contribution in [0.4, 0.5) is 18.9 Å². The summed E-state index contributed by atoms with van der Waals surface area (Å²) in [4.78, 5) is 17.5. The number of carbonyl (C=O) groups is 1. The van der Waals surface area contributed by atoms with Gasteiger partial charge >= 0.3 is 6.18 Å². The van der Waals surface area contributed by atoms with E-state index >= 15 is 0 Å². The van der Waals surface area contributed by atoms with Crippen LogP contribution in [0.3, 0.4) is 0 Å². The number of nitrogens with zero attached hydrogens (tertiary/aromatic N) is 3. The van der Waals surface area contributed by atoms with Crippen molar-refractivity contribution in [3.63, 3.8) is 0 Å². The molecule has 0 saturated heterocycles. The van der Waals surface area contributed by atoms with Crippen LogP contribution >= 0.6 is 11.6 Å². The smallest absolute Gasteiger partial charge is 0.322 e. The number of nitrogens with one attached hydrogen (secondary N) is 1. The Morgan fingerprint density at radius 1 is 1.03 bits per heavy atom. The van der Waals surface area contributed by atoms with Crippen molar-refractivity contribution in [2.24, 2.45) is 0 Å². The molecule has 0 fully saturated rings. The van der Waals surface area contributed by atoms with Gasteiger partial charge in [-0.15, -0.1) is 0 Å². The lowest BCUT2D eigenvalue weighted by atomic mass is 10.0. The second kappa shape index (κ2) is 8.14. The number of alkyl halides is 3. The van der Waals surface area contributed by atoms with Gasteiger partial charge in [-0.1, -0.05) is 60.1 Å². The zero-order valence-electron chi connectivity index (χ0n) is 17.7. The Kier molecular flexibility index (Phi) is 5.25. The second-order valence-electron chi connectivity index (χ2n) is 7.71. The molecule has 5 aromatic rings. The summed E-state index contributed by atoms with van der Waals surface area (Å²) in [5.74, 6) is -0.643. The maximum atomic E-state index is 14.0. The average Bonchev–Trinajstić information content (AvgIpc) is 3.24. The molecular formula is C25H16ClF3N4O. The standard InChI is InChI=1S/C25H16ClF3N4O/c1-14-19(26)10-5-11-20(14)32-24(34)18-13-30-33-22(25(27,28)29)12-21(31-23(18)33)17-9-4-7-15-6-2-3-8-16(15)17/h2-13H,1H3,(H,32,34). The lowest BCUT2D eigenvalue weighted by Crippen LogP contribution is -2.16. The van der Waals surface area contributed by atoms with Gasteiger partial charge in [0.1, 0.15) is 5.56 Å². The molecule has 0 aliphatic carbocycles. The van der Waals surface area contributed by atoms with Crippen molar-refractivity contribution in [3.05, 3.63) is 94.8 Å². The molecule has 2 heterocycles. The molecule has 2 aromatic heterocycles. The van der Waals surface area contributed by atoms with Gasteiger partial charge in [0, 0.05) is 16.3 Å². The van der Waals surface area contributed by atoms with Crippen LogP contribution in [-0.2, 0) is 6.18 Å². The summed E-state index contributed by atoms with van der Waals surface area (Å²) in [6.45, 7) is 1.73. The van der Waals surface area contributed by atoms with Gasteiger partial charge in [0.2, 0.25) is 0 Å². The average molecular weight is 481 g/mol. The minimum atomic E-state index is -4.72. The van der Waals surface area contributed by atoms with Gasteiger partial charge in [-0.3, -0.25) is 4.79 Å². The van der Waals surface area contributed by atoms with E-state index in [-0.39, 0.29) is 16.9 Å². The number of carbonyl (C=O) groups excluding carboxylic acids is 1. The molecule has 0 bridgehead atoms. The highest BCUT2D eigenvalue weighted by Crippen LogP contribution is 2.35. The fourth-order valence-electron chi connectivity index (χ4n) is 3.84. The third-order valence-electron chi connectivity index (χ3n) is 5.59. The Balaban J connectivity index is 1.70. The predicted octanol–water partition coefficient (Wildman–Crippen LogP) is 6.78. The number of amides is 1. The van der Waals surface area contributed by atoms with Gasteiger partial charge in [-0.2, -0.15) is 18.3 Å².